The van der Waals surface area contributed by atoms with Crippen LogP contribution >= 0.6 is 0 Å². The first-order valence-corrected chi connectivity index (χ1v) is 6.47. The average molecular weight is 252 g/mol. The largest absolute Gasteiger partial charge is 0.352 e. The Labute approximate surface area is 109 Å². The highest BCUT2D eigenvalue weighted by Gasteiger charge is 2.10. The first-order valence-electron chi connectivity index (χ1n) is 6.47. The van der Waals surface area contributed by atoms with E-state index in [1.165, 1.54) is 0 Å². The van der Waals surface area contributed by atoms with Crippen molar-refractivity contribution < 1.29 is 4.79 Å². The topological polar surface area (TPSA) is 59.0 Å². The van der Waals surface area contributed by atoms with E-state index in [0.29, 0.717) is 12.5 Å². The summed E-state index contributed by atoms with van der Waals surface area (Å²) in [5.41, 5.74) is 0. The summed E-state index contributed by atoms with van der Waals surface area (Å²) in [4.78, 5) is 15.8. The van der Waals surface area contributed by atoms with Crippen LogP contribution in [0.2, 0.25) is 0 Å². The van der Waals surface area contributed by atoms with Gasteiger partial charge in [-0.1, -0.05) is 13.8 Å². The van der Waals surface area contributed by atoms with Crippen LogP contribution in [0.4, 0.5) is 0 Å². The fraction of sp³-hybridized carbons (Fsp3) is 0.692. The van der Waals surface area contributed by atoms with Crippen LogP contribution in [0.15, 0.2) is 12.4 Å². The summed E-state index contributed by atoms with van der Waals surface area (Å²) in [6.45, 7) is 7.34. The van der Waals surface area contributed by atoms with E-state index in [-0.39, 0.29) is 11.9 Å². The number of imidazole rings is 1. The third-order valence-corrected chi connectivity index (χ3v) is 3.12. The number of hydrogen-bond donors (Lipinski definition) is 2. The van der Waals surface area contributed by atoms with Gasteiger partial charge in [0.1, 0.15) is 5.82 Å². The first kappa shape index (κ1) is 14.7. The van der Waals surface area contributed by atoms with E-state index in [1.807, 2.05) is 24.7 Å². The predicted molar refractivity (Wildman–Crippen MR) is 72.2 cm³/mol. The number of aryl methyl sites for hydroxylation is 1. The van der Waals surface area contributed by atoms with Gasteiger partial charge in [0, 0.05) is 38.4 Å². The van der Waals surface area contributed by atoms with E-state index >= 15 is 0 Å². The van der Waals surface area contributed by atoms with E-state index in [2.05, 4.69) is 29.5 Å². The van der Waals surface area contributed by atoms with Gasteiger partial charge in [0.15, 0.2) is 0 Å². The van der Waals surface area contributed by atoms with Crippen molar-refractivity contribution >= 4 is 5.91 Å². The third-order valence-electron chi connectivity index (χ3n) is 3.12. The van der Waals surface area contributed by atoms with Crippen LogP contribution in [0.25, 0.3) is 0 Å². The summed E-state index contributed by atoms with van der Waals surface area (Å²) in [6.07, 6.45) is 4.54. The van der Waals surface area contributed by atoms with E-state index < -0.39 is 0 Å². The molecule has 0 saturated carbocycles. The molecule has 1 aromatic rings. The molecule has 1 amide bonds. The number of amides is 1. The van der Waals surface area contributed by atoms with Crippen LogP contribution in [0, 0.1) is 5.92 Å². The molecule has 1 atom stereocenters. The maximum absolute atomic E-state index is 11.6. The Morgan fingerprint density at radius 3 is 2.72 bits per heavy atom. The fourth-order valence-electron chi connectivity index (χ4n) is 1.51. The Morgan fingerprint density at radius 1 is 1.44 bits per heavy atom. The number of hydrogen-bond acceptors (Lipinski definition) is 3. The normalized spacial score (nSPS) is 12.7. The maximum Gasteiger partial charge on any atom is 0.234 e. The molecule has 0 fully saturated rings. The van der Waals surface area contributed by atoms with Crippen LogP contribution in [0.1, 0.15) is 26.6 Å². The molecule has 0 aliphatic rings. The molecule has 0 aliphatic heterocycles. The molecule has 0 saturated heterocycles. The Bertz CT molecular complexity index is 373. The van der Waals surface area contributed by atoms with Gasteiger partial charge in [-0.25, -0.2) is 4.98 Å². The van der Waals surface area contributed by atoms with Crippen LogP contribution in [0.3, 0.4) is 0 Å². The summed E-state index contributed by atoms with van der Waals surface area (Å²) in [6, 6.07) is 0.217. The van der Waals surface area contributed by atoms with Gasteiger partial charge in [0.05, 0.1) is 6.54 Å². The van der Waals surface area contributed by atoms with Gasteiger partial charge in [-0.15, -0.1) is 0 Å². The minimum Gasteiger partial charge on any atom is -0.352 e. The zero-order valence-electron chi connectivity index (χ0n) is 11.7. The SMILES string of the molecule is CC(C)C(C)NC(=O)CNCCc1nccn1C. The molecule has 0 aromatic carbocycles. The standard InChI is InChI=1S/C13H24N4O/c1-10(2)11(3)16-13(18)9-14-6-5-12-15-7-8-17(12)4/h7-8,10-11,14H,5-6,9H2,1-4H3,(H,16,18). The molecule has 2 N–H and O–H groups in total. The number of rotatable bonds is 7. The van der Waals surface area contributed by atoms with Crippen LogP contribution in [0.5, 0.6) is 0 Å². The van der Waals surface area contributed by atoms with E-state index in [9.17, 15) is 4.79 Å². The molecule has 1 rings (SSSR count). The quantitative estimate of drug-likeness (QED) is 0.703. The molecule has 5 nitrogen and oxygen atoms in total. The minimum atomic E-state index is 0.0519. The molecule has 1 unspecified atom stereocenters. The second-order valence-electron chi connectivity index (χ2n) is 4.98. The van der Waals surface area contributed by atoms with E-state index in [0.717, 1.165) is 18.8 Å². The van der Waals surface area contributed by atoms with Gasteiger partial charge < -0.3 is 15.2 Å². The third kappa shape index (κ3) is 4.87. The highest BCUT2D eigenvalue weighted by molar-refractivity contribution is 5.78. The zero-order valence-corrected chi connectivity index (χ0v) is 11.7. The van der Waals surface area contributed by atoms with Crippen LogP contribution in [-0.2, 0) is 18.3 Å². The molecule has 18 heavy (non-hydrogen) atoms. The van der Waals surface area contributed by atoms with Crippen molar-refractivity contribution in [3.8, 4) is 0 Å². The highest BCUT2D eigenvalue weighted by Crippen LogP contribution is 1.98. The second kappa shape index (κ2) is 7.16. The molecule has 0 spiro atoms. The Hall–Kier alpha value is -1.36. The molecule has 1 aromatic heterocycles. The second-order valence-corrected chi connectivity index (χ2v) is 4.98. The summed E-state index contributed by atoms with van der Waals surface area (Å²) < 4.78 is 1.99. The fourth-order valence-corrected chi connectivity index (χ4v) is 1.51. The summed E-state index contributed by atoms with van der Waals surface area (Å²) in [5.74, 6) is 1.54. The lowest BCUT2D eigenvalue weighted by molar-refractivity contribution is -0.121. The Kier molecular flexibility index (Phi) is 5.85. The summed E-state index contributed by atoms with van der Waals surface area (Å²) in [7, 11) is 1.97. The molecule has 1 heterocycles. The number of carbonyl (C=O) groups excluding carboxylic acids is 1. The molecule has 0 aliphatic carbocycles. The number of nitrogens with zero attached hydrogens (tertiary/aromatic N) is 2. The van der Waals surface area contributed by atoms with Crippen molar-refractivity contribution in [1.29, 1.82) is 0 Å². The molecule has 5 heteroatoms. The van der Waals surface area contributed by atoms with E-state index in [1.54, 1.807) is 6.20 Å². The smallest absolute Gasteiger partial charge is 0.234 e. The van der Waals surface area contributed by atoms with Gasteiger partial charge in [-0.3, -0.25) is 4.79 Å². The predicted octanol–water partition coefficient (Wildman–Crippen LogP) is 0.713. The van der Waals surface area contributed by atoms with Crippen LogP contribution in [-0.4, -0.2) is 34.6 Å². The number of nitrogens with one attached hydrogen (secondary N) is 2. The number of aromatic nitrogens is 2. The van der Waals surface area contributed by atoms with Gasteiger partial charge in [-0.05, 0) is 12.8 Å². The molecule has 0 radical (unpaired) electrons. The lowest BCUT2D eigenvalue weighted by Gasteiger charge is -2.17. The Balaban J connectivity index is 2.14. The summed E-state index contributed by atoms with van der Waals surface area (Å²) in [5, 5.41) is 6.09. The van der Waals surface area contributed by atoms with Gasteiger partial charge in [0.25, 0.3) is 0 Å². The molecule has 102 valence electrons. The summed E-state index contributed by atoms with van der Waals surface area (Å²) >= 11 is 0. The van der Waals surface area contributed by atoms with Crippen molar-refractivity contribution in [2.75, 3.05) is 13.1 Å². The Morgan fingerprint density at radius 2 is 2.17 bits per heavy atom. The highest BCUT2D eigenvalue weighted by atomic mass is 16.1. The molecular formula is C13H24N4O. The van der Waals surface area contributed by atoms with Crippen molar-refractivity contribution in [3.05, 3.63) is 18.2 Å². The van der Waals surface area contributed by atoms with Gasteiger partial charge in [-0.2, -0.15) is 0 Å². The lowest BCUT2D eigenvalue weighted by Crippen LogP contribution is -2.41. The minimum absolute atomic E-state index is 0.0519. The van der Waals surface area contributed by atoms with Gasteiger partial charge >= 0.3 is 0 Å². The van der Waals surface area contributed by atoms with Gasteiger partial charge in [0.2, 0.25) is 5.91 Å². The molecule has 0 bridgehead atoms. The lowest BCUT2D eigenvalue weighted by atomic mass is 10.1. The van der Waals surface area contributed by atoms with Crippen molar-refractivity contribution in [2.45, 2.75) is 33.2 Å². The van der Waals surface area contributed by atoms with Crippen LogP contribution < -0.4 is 10.6 Å². The van der Waals surface area contributed by atoms with Crippen molar-refractivity contribution in [1.82, 2.24) is 20.2 Å². The number of carbonyl (C=O) groups is 1. The van der Waals surface area contributed by atoms with E-state index in [4.69, 9.17) is 0 Å². The van der Waals surface area contributed by atoms with Crippen molar-refractivity contribution in [3.63, 3.8) is 0 Å². The monoisotopic (exact) mass is 252 g/mol. The maximum atomic E-state index is 11.6. The van der Waals surface area contributed by atoms with Crippen molar-refractivity contribution in [2.24, 2.45) is 13.0 Å². The first-order chi connectivity index (χ1) is 8.50. The average Bonchev–Trinajstić information content (AvgIpc) is 2.70. The molecular weight excluding hydrogens is 228 g/mol. The zero-order chi connectivity index (χ0) is 13.5.